The van der Waals surface area contributed by atoms with Gasteiger partial charge in [0.05, 0.1) is 25.2 Å². The summed E-state index contributed by atoms with van der Waals surface area (Å²) in [5.74, 6) is -2.15. The number of carboxylic acid groups (broad SMARTS) is 1. The molecule has 0 aromatic heterocycles. The van der Waals surface area contributed by atoms with Gasteiger partial charge in [-0.15, -0.1) is 0 Å². The van der Waals surface area contributed by atoms with Crippen molar-refractivity contribution in [3.63, 3.8) is 0 Å². The van der Waals surface area contributed by atoms with E-state index in [1.807, 2.05) is 0 Å². The number of hydrogen-bond donors (Lipinski definition) is 12. The van der Waals surface area contributed by atoms with Crippen LogP contribution < -0.4 is 0 Å². The first-order chi connectivity index (χ1) is 31.9. The fourth-order valence-electron chi connectivity index (χ4n) is 13.8. The number of esters is 1. The highest BCUT2D eigenvalue weighted by molar-refractivity contribution is 5.86. The van der Waals surface area contributed by atoms with Crippen LogP contribution in [0.15, 0.2) is 23.8 Å². The third-order valence-electron chi connectivity index (χ3n) is 18.2. The summed E-state index contributed by atoms with van der Waals surface area (Å²) < 4.78 is 34.5. The molecule has 0 amide bonds. The van der Waals surface area contributed by atoms with Crippen LogP contribution in [0.2, 0.25) is 0 Å². The van der Waals surface area contributed by atoms with Crippen LogP contribution >= 0.6 is 0 Å². The molecule has 3 aliphatic heterocycles. The molecule has 20 heteroatoms. The Hall–Kier alpha value is -2.22. The molecule has 0 aromatic carbocycles. The Balaban J connectivity index is 1.09. The number of rotatable bonds is 14. The van der Waals surface area contributed by atoms with Crippen molar-refractivity contribution in [1.29, 1.82) is 0 Å². The molecule has 4 aliphatic carbocycles. The van der Waals surface area contributed by atoms with Crippen LogP contribution in [0.25, 0.3) is 0 Å². The number of carbonyl (C=O) groups is 2. The maximum absolute atomic E-state index is 15.0. The zero-order chi connectivity index (χ0) is 50.1. The highest BCUT2D eigenvalue weighted by atomic mass is 16.8. The lowest BCUT2D eigenvalue weighted by Crippen LogP contribution is -2.65. The SMILES string of the molecule is C=C(C(=O)O)[C@@H]1CC[C@]2(C)[C@H](CC=C3[C@@H]4CC(C)(C)CC[C@]4(C(=O)O[C@@H]4O[C@H](CO[C@@H]5O[C@H](CO)[C@@H](O)[C@H](O[C@@H]6O[C@H](CO)[C@@H](O)[C@H](O)[C@H]6O)[C@H]5O)[C@@H](O)[C@H](O)[C@H]4O)CC[C@]32C)[C@@]1(C)CCCO. The first kappa shape index (κ1) is 53.6. The molecule has 7 rings (SSSR count). The summed E-state index contributed by atoms with van der Waals surface area (Å²) in [6.07, 6.45) is -17.9. The molecule has 3 heterocycles. The molecule has 3 saturated carbocycles. The molecular weight excluding hydrogens is 897 g/mol. The van der Waals surface area contributed by atoms with Gasteiger partial charge in [0.15, 0.2) is 12.6 Å². The van der Waals surface area contributed by atoms with Crippen molar-refractivity contribution in [3.8, 4) is 0 Å². The smallest absolute Gasteiger partial charge is 0.331 e. The second-order valence-corrected chi connectivity index (χ2v) is 22.3. The predicted molar refractivity (Wildman–Crippen MR) is 234 cm³/mol. The second kappa shape index (κ2) is 20.0. The minimum Gasteiger partial charge on any atom is -0.478 e. The first-order valence-corrected chi connectivity index (χ1v) is 24.2. The van der Waals surface area contributed by atoms with E-state index < -0.39 is 140 Å². The van der Waals surface area contributed by atoms with Crippen LogP contribution in [-0.4, -0.2) is 192 Å². The Morgan fingerprint density at radius 3 is 1.94 bits per heavy atom. The molecule has 12 N–H and O–H groups in total. The van der Waals surface area contributed by atoms with Crippen molar-refractivity contribution >= 4 is 11.9 Å². The summed E-state index contributed by atoms with van der Waals surface area (Å²) in [5.41, 5.74) is -1.03. The van der Waals surface area contributed by atoms with Crippen LogP contribution in [-0.2, 0) is 38.0 Å². The number of carbonyl (C=O) groups excluding carboxylic acids is 1. The summed E-state index contributed by atoms with van der Waals surface area (Å²) in [5, 5.41) is 126. The van der Waals surface area contributed by atoms with Gasteiger partial charge in [-0.1, -0.05) is 52.8 Å². The topological polar surface area (TPSA) is 332 Å². The standard InChI is InChI=1S/C48H76O20/c1-22(39(60)61)23-10-12-47(6)29(45(23,4)11-7-17-49)9-8-24-25-18-44(2,3)13-15-48(25,16-14-46(24,47)5)43(62)68-42-36(58)34(56)31(53)28(66-42)21-63-40-37(59)38(32(54)27(20-51)64-40)67-41-35(57)33(55)30(52)26(19-50)65-41/h8,23,25-38,40-42,49-59H,1,7,9-21H2,2-6H3,(H,60,61)/t23-,25-,26+,27+,28+,29+,30+,31+,32+,33-,34-,35+,36+,37+,38-,40+,41-,42-,45-,46+,47+,48-/m0/s1. The Bertz CT molecular complexity index is 1860. The quantitative estimate of drug-likeness (QED) is 0.0586. The van der Waals surface area contributed by atoms with E-state index in [1.54, 1.807) is 0 Å². The van der Waals surface area contributed by atoms with Crippen molar-refractivity contribution in [2.75, 3.05) is 26.4 Å². The van der Waals surface area contributed by atoms with E-state index in [0.717, 1.165) is 12.0 Å². The zero-order valence-corrected chi connectivity index (χ0v) is 39.7. The predicted octanol–water partition coefficient (Wildman–Crippen LogP) is -0.627. The van der Waals surface area contributed by atoms with Crippen LogP contribution in [0.4, 0.5) is 0 Å². The van der Waals surface area contributed by atoms with Crippen LogP contribution in [0.1, 0.15) is 98.8 Å². The summed E-state index contributed by atoms with van der Waals surface area (Å²) in [6.45, 7) is 12.8. The molecule has 0 bridgehead atoms. The van der Waals surface area contributed by atoms with Crippen LogP contribution in [0.5, 0.6) is 0 Å². The molecule has 0 spiro atoms. The third kappa shape index (κ3) is 9.04. The van der Waals surface area contributed by atoms with Gasteiger partial charge in [0, 0.05) is 12.2 Å². The van der Waals surface area contributed by atoms with Crippen molar-refractivity contribution in [2.24, 2.45) is 44.8 Å². The van der Waals surface area contributed by atoms with Gasteiger partial charge in [-0.2, -0.15) is 0 Å². The minimum atomic E-state index is -1.91. The number of aliphatic carboxylic acids is 1. The van der Waals surface area contributed by atoms with Gasteiger partial charge in [-0.3, -0.25) is 4.79 Å². The monoisotopic (exact) mass is 972 g/mol. The molecule has 20 nitrogen and oxygen atoms in total. The summed E-state index contributed by atoms with van der Waals surface area (Å²) in [6, 6.07) is 0. The molecule has 22 atom stereocenters. The molecule has 7 aliphatic rings. The molecule has 6 fully saturated rings. The van der Waals surface area contributed by atoms with E-state index in [1.165, 1.54) is 0 Å². The number of carboxylic acids is 1. The summed E-state index contributed by atoms with van der Waals surface area (Å²) in [7, 11) is 0. The van der Waals surface area contributed by atoms with E-state index in [9.17, 15) is 70.9 Å². The lowest BCUT2D eigenvalue weighted by Gasteiger charge is -2.69. The molecule has 68 heavy (non-hydrogen) atoms. The van der Waals surface area contributed by atoms with Gasteiger partial charge in [-0.05, 0) is 104 Å². The number of aliphatic hydroxyl groups is 11. The lowest BCUT2D eigenvalue weighted by molar-refractivity contribution is -0.365. The van der Waals surface area contributed by atoms with E-state index in [0.29, 0.717) is 57.8 Å². The number of hydrogen-bond acceptors (Lipinski definition) is 19. The maximum Gasteiger partial charge on any atom is 0.331 e. The fourth-order valence-corrected chi connectivity index (χ4v) is 13.8. The molecule has 388 valence electrons. The minimum absolute atomic E-state index is 0.0181. The largest absolute Gasteiger partial charge is 0.478 e. The summed E-state index contributed by atoms with van der Waals surface area (Å²) in [4.78, 5) is 27.3. The van der Waals surface area contributed by atoms with Gasteiger partial charge in [0.1, 0.15) is 73.2 Å². The second-order valence-electron chi connectivity index (χ2n) is 22.3. The Labute approximate surface area is 396 Å². The van der Waals surface area contributed by atoms with E-state index in [-0.39, 0.29) is 40.8 Å². The number of allylic oxidation sites excluding steroid dienone is 2. The molecule has 0 radical (unpaired) electrons. The molecule has 3 saturated heterocycles. The average Bonchev–Trinajstić information content (AvgIpc) is 3.29. The normalized spacial score (nSPS) is 49.1. The third-order valence-corrected chi connectivity index (χ3v) is 18.2. The molecule has 0 aromatic rings. The fraction of sp³-hybridized carbons (Fsp3) is 0.875. The maximum atomic E-state index is 15.0. The van der Waals surface area contributed by atoms with Crippen LogP contribution in [0, 0.1) is 44.8 Å². The lowest BCUT2D eigenvalue weighted by atomic mass is 9.35. The van der Waals surface area contributed by atoms with Gasteiger partial charge in [0.25, 0.3) is 0 Å². The van der Waals surface area contributed by atoms with Crippen molar-refractivity contribution < 1.29 is 99.3 Å². The Kier molecular flexibility index (Phi) is 15.8. The Morgan fingerprint density at radius 1 is 0.721 bits per heavy atom. The summed E-state index contributed by atoms with van der Waals surface area (Å²) >= 11 is 0. The van der Waals surface area contributed by atoms with Gasteiger partial charge in [-0.25, -0.2) is 4.79 Å². The molecule has 0 unspecified atom stereocenters. The van der Waals surface area contributed by atoms with E-state index in [4.69, 9.17) is 28.4 Å². The molecular formula is C48H76O20. The van der Waals surface area contributed by atoms with Gasteiger partial charge in [0.2, 0.25) is 6.29 Å². The average molecular weight is 973 g/mol. The number of ether oxygens (including phenoxy) is 6. The van der Waals surface area contributed by atoms with Crippen molar-refractivity contribution in [3.05, 3.63) is 23.8 Å². The number of fused-ring (bicyclic) bond motifs is 5. The van der Waals surface area contributed by atoms with Crippen molar-refractivity contribution in [2.45, 2.75) is 191 Å². The number of aliphatic hydroxyl groups excluding tert-OH is 11. The van der Waals surface area contributed by atoms with Gasteiger partial charge < -0.3 is 89.7 Å². The van der Waals surface area contributed by atoms with E-state index in [2.05, 4.69) is 47.3 Å². The first-order valence-electron chi connectivity index (χ1n) is 24.2. The van der Waals surface area contributed by atoms with Gasteiger partial charge >= 0.3 is 11.9 Å². The van der Waals surface area contributed by atoms with Crippen molar-refractivity contribution in [1.82, 2.24) is 0 Å². The Morgan fingerprint density at radius 2 is 1.31 bits per heavy atom. The van der Waals surface area contributed by atoms with E-state index >= 15 is 0 Å². The van der Waals surface area contributed by atoms with Crippen LogP contribution in [0.3, 0.4) is 0 Å². The zero-order valence-electron chi connectivity index (χ0n) is 39.7. The highest BCUT2D eigenvalue weighted by Gasteiger charge is 2.68. The highest BCUT2D eigenvalue weighted by Crippen LogP contribution is 2.74.